The Kier molecular flexibility index (Phi) is 5.84. The molecule has 7 nitrogen and oxygen atoms in total. The van der Waals surface area contributed by atoms with Crippen LogP contribution >= 0.6 is 23.1 Å². The molecule has 1 aliphatic rings. The summed E-state index contributed by atoms with van der Waals surface area (Å²) in [5.74, 6) is -0.577. The first-order valence-corrected chi connectivity index (χ1v) is 12.6. The van der Waals surface area contributed by atoms with E-state index in [4.69, 9.17) is 4.74 Å². The van der Waals surface area contributed by atoms with Gasteiger partial charge in [0.1, 0.15) is 5.00 Å². The molecule has 1 N–H and O–H groups in total. The zero-order valence-electron chi connectivity index (χ0n) is 18.7. The molecule has 170 valence electrons. The van der Waals surface area contributed by atoms with Gasteiger partial charge in [-0.15, -0.1) is 21.5 Å². The lowest BCUT2D eigenvalue weighted by atomic mass is 9.95. The number of carbonyl (C=O) groups excluding carboxylic acids is 2. The molecule has 1 aromatic carbocycles. The van der Waals surface area contributed by atoms with Crippen molar-refractivity contribution in [1.29, 1.82) is 0 Å². The average Bonchev–Trinajstić information content (AvgIpc) is 3.39. The monoisotopic (exact) mass is 480 g/mol. The standard InChI is InChI=1S/C24H24N4O3S2/c1-13-12-19-26-27-24(28(19)17-10-6-4-8-15(13)17)32-14(2)21(29)25-22-20(23(30)31-3)16-9-5-7-11-18(16)33-22/h4,6,8,10,12,14H,5,7,9,11H2,1-3H3,(H,25,29). The van der Waals surface area contributed by atoms with Crippen molar-refractivity contribution in [2.75, 3.05) is 12.4 Å². The van der Waals surface area contributed by atoms with E-state index in [0.717, 1.165) is 53.4 Å². The molecule has 3 heterocycles. The Morgan fingerprint density at radius 3 is 2.82 bits per heavy atom. The van der Waals surface area contributed by atoms with Gasteiger partial charge >= 0.3 is 5.97 Å². The van der Waals surface area contributed by atoms with E-state index in [1.165, 1.54) is 35.1 Å². The van der Waals surface area contributed by atoms with Gasteiger partial charge in [0.25, 0.3) is 0 Å². The summed E-state index contributed by atoms with van der Waals surface area (Å²) in [4.78, 5) is 26.8. The zero-order chi connectivity index (χ0) is 23.1. The zero-order valence-corrected chi connectivity index (χ0v) is 20.3. The maximum absolute atomic E-state index is 13.1. The highest BCUT2D eigenvalue weighted by Gasteiger charge is 2.28. The summed E-state index contributed by atoms with van der Waals surface area (Å²) in [7, 11) is 1.38. The summed E-state index contributed by atoms with van der Waals surface area (Å²) in [6.45, 7) is 3.89. The highest BCUT2D eigenvalue weighted by atomic mass is 32.2. The van der Waals surface area contributed by atoms with E-state index in [1.807, 2.05) is 35.6 Å². The molecule has 0 fully saturated rings. The predicted octanol–water partition coefficient (Wildman–Crippen LogP) is 5.04. The summed E-state index contributed by atoms with van der Waals surface area (Å²) in [5.41, 5.74) is 4.42. The normalized spacial score (nSPS) is 14.3. The summed E-state index contributed by atoms with van der Waals surface area (Å²) < 4.78 is 7.00. The van der Waals surface area contributed by atoms with Crippen LogP contribution in [0.3, 0.4) is 0 Å². The first-order chi connectivity index (χ1) is 16.0. The number of para-hydroxylation sites is 1. The van der Waals surface area contributed by atoms with E-state index in [-0.39, 0.29) is 5.91 Å². The largest absolute Gasteiger partial charge is 0.465 e. The number of hydrogen-bond acceptors (Lipinski definition) is 7. The number of hydrogen-bond donors (Lipinski definition) is 1. The number of benzene rings is 1. The van der Waals surface area contributed by atoms with Gasteiger partial charge in [-0.25, -0.2) is 4.79 Å². The van der Waals surface area contributed by atoms with Crippen molar-refractivity contribution in [2.45, 2.75) is 49.9 Å². The Morgan fingerprint density at radius 2 is 2.00 bits per heavy atom. The number of pyridine rings is 1. The van der Waals surface area contributed by atoms with Gasteiger partial charge in [-0.2, -0.15) is 0 Å². The number of fused-ring (bicyclic) bond motifs is 4. The number of methoxy groups -OCH3 is 1. The van der Waals surface area contributed by atoms with Crippen LogP contribution in [-0.4, -0.2) is 38.8 Å². The van der Waals surface area contributed by atoms with Crippen molar-refractivity contribution in [3.05, 3.63) is 51.9 Å². The molecule has 0 aliphatic heterocycles. The predicted molar refractivity (Wildman–Crippen MR) is 131 cm³/mol. The number of thioether (sulfide) groups is 1. The third kappa shape index (κ3) is 3.89. The van der Waals surface area contributed by atoms with Gasteiger partial charge in [-0.05, 0) is 62.8 Å². The topological polar surface area (TPSA) is 85.6 Å². The van der Waals surface area contributed by atoms with Gasteiger partial charge < -0.3 is 10.1 Å². The van der Waals surface area contributed by atoms with Crippen LogP contribution in [0.4, 0.5) is 5.00 Å². The smallest absolute Gasteiger partial charge is 0.341 e. The average molecular weight is 481 g/mol. The molecule has 0 radical (unpaired) electrons. The van der Waals surface area contributed by atoms with Crippen LogP contribution < -0.4 is 5.32 Å². The van der Waals surface area contributed by atoms with E-state index in [1.54, 1.807) is 0 Å². The van der Waals surface area contributed by atoms with E-state index in [2.05, 4.69) is 28.5 Å². The van der Waals surface area contributed by atoms with Crippen LogP contribution in [-0.2, 0) is 22.4 Å². The van der Waals surface area contributed by atoms with Crippen LogP contribution in [0, 0.1) is 6.92 Å². The minimum atomic E-state index is -0.443. The maximum atomic E-state index is 13.1. The number of carbonyl (C=O) groups is 2. The second-order valence-electron chi connectivity index (χ2n) is 8.18. The molecule has 0 bridgehead atoms. The van der Waals surface area contributed by atoms with Crippen molar-refractivity contribution < 1.29 is 14.3 Å². The van der Waals surface area contributed by atoms with E-state index in [0.29, 0.717) is 15.7 Å². The number of aromatic nitrogens is 3. The summed E-state index contributed by atoms with van der Waals surface area (Å²) in [5, 5.41) is 13.6. The fraction of sp³-hybridized carbons (Fsp3) is 0.333. The molecule has 0 saturated carbocycles. The first-order valence-electron chi connectivity index (χ1n) is 10.9. The molecule has 0 spiro atoms. The number of ether oxygens (including phenoxy) is 1. The Morgan fingerprint density at radius 1 is 1.21 bits per heavy atom. The van der Waals surface area contributed by atoms with Gasteiger partial charge in [0.05, 0.1) is 23.4 Å². The first kappa shape index (κ1) is 21.9. The van der Waals surface area contributed by atoms with Gasteiger partial charge in [0.2, 0.25) is 5.91 Å². The SMILES string of the molecule is COC(=O)c1c(NC(=O)C(C)Sc2nnc3cc(C)c4ccccc4n23)sc2c1CCCC2. The van der Waals surface area contributed by atoms with Crippen LogP contribution in [0.5, 0.6) is 0 Å². The number of esters is 1. The molecule has 9 heteroatoms. The molecule has 5 rings (SSSR count). The van der Waals surface area contributed by atoms with Crippen molar-refractivity contribution in [2.24, 2.45) is 0 Å². The number of thiophene rings is 1. The fourth-order valence-electron chi connectivity index (χ4n) is 4.35. The molecule has 3 aromatic heterocycles. The van der Waals surface area contributed by atoms with Crippen molar-refractivity contribution in [3.8, 4) is 0 Å². The molecular formula is C24H24N4O3S2. The van der Waals surface area contributed by atoms with Crippen LogP contribution in [0.2, 0.25) is 0 Å². The lowest BCUT2D eigenvalue weighted by Gasteiger charge is -2.13. The van der Waals surface area contributed by atoms with Gasteiger partial charge in [-0.3, -0.25) is 9.20 Å². The molecule has 4 aromatic rings. The second-order valence-corrected chi connectivity index (χ2v) is 10.6. The highest BCUT2D eigenvalue weighted by Crippen LogP contribution is 2.39. The van der Waals surface area contributed by atoms with E-state index < -0.39 is 11.2 Å². The van der Waals surface area contributed by atoms with Crippen molar-refractivity contribution >= 4 is 56.5 Å². The molecule has 1 atom stereocenters. The quantitative estimate of drug-likeness (QED) is 0.318. The van der Waals surface area contributed by atoms with Crippen molar-refractivity contribution in [3.63, 3.8) is 0 Å². The molecular weight excluding hydrogens is 456 g/mol. The summed E-state index contributed by atoms with van der Waals surface area (Å²) >= 11 is 2.84. The number of nitrogens with zero attached hydrogens (tertiary/aromatic N) is 3. The van der Waals surface area contributed by atoms with E-state index >= 15 is 0 Å². The molecule has 1 unspecified atom stereocenters. The summed E-state index contributed by atoms with van der Waals surface area (Å²) in [6.07, 6.45) is 3.92. The molecule has 1 amide bonds. The van der Waals surface area contributed by atoms with Crippen LogP contribution in [0.15, 0.2) is 35.5 Å². The Bertz CT molecular complexity index is 1390. The Balaban J connectivity index is 1.43. The number of rotatable bonds is 5. The molecule has 33 heavy (non-hydrogen) atoms. The highest BCUT2D eigenvalue weighted by molar-refractivity contribution is 8.00. The lowest BCUT2D eigenvalue weighted by Crippen LogP contribution is -2.23. The second kappa shape index (κ2) is 8.79. The minimum Gasteiger partial charge on any atom is -0.465 e. The van der Waals surface area contributed by atoms with Crippen LogP contribution in [0.25, 0.3) is 16.6 Å². The van der Waals surface area contributed by atoms with E-state index in [9.17, 15) is 9.59 Å². The van der Waals surface area contributed by atoms with Gasteiger partial charge in [-0.1, -0.05) is 30.0 Å². The van der Waals surface area contributed by atoms with Crippen LogP contribution in [0.1, 0.15) is 46.1 Å². The third-order valence-electron chi connectivity index (χ3n) is 6.02. The van der Waals surface area contributed by atoms with Gasteiger partial charge in [0.15, 0.2) is 10.8 Å². The third-order valence-corrected chi connectivity index (χ3v) is 8.27. The Hall–Kier alpha value is -2.91. The maximum Gasteiger partial charge on any atom is 0.341 e. The molecule has 1 aliphatic carbocycles. The van der Waals surface area contributed by atoms with Crippen molar-refractivity contribution in [1.82, 2.24) is 14.6 Å². The lowest BCUT2D eigenvalue weighted by molar-refractivity contribution is -0.115. The molecule has 0 saturated heterocycles. The number of nitrogens with one attached hydrogen (secondary N) is 1. The number of aryl methyl sites for hydroxylation is 2. The summed E-state index contributed by atoms with van der Waals surface area (Å²) in [6, 6.07) is 10.1. The Labute approximate surface area is 199 Å². The van der Waals surface area contributed by atoms with Gasteiger partial charge in [0, 0.05) is 10.3 Å². The fourth-order valence-corrected chi connectivity index (χ4v) is 6.50. The minimum absolute atomic E-state index is 0.183. The number of anilines is 1. The number of amides is 1.